The Bertz CT molecular complexity index is 466. The third kappa shape index (κ3) is 2.26. The Balaban J connectivity index is 2.26. The monoisotopic (exact) mass is 253 g/mol. The highest BCUT2D eigenvalue weighted by molar-refractivity contribution is 7.80. The Kier molecular flexibility index (Phi) is 3.33. The molecule has 4 nitrogen and oxygen atoms in total. The summed E-state index contributed by atoms with van der Waals surface area (Å²) >= 11 is 4.91. The van der Waals surface area contributed by atoms with Crippen LogP contribution in [0.5, 0.6) is 0 Å². The summed E-state index contributed by atoms with van der Waals surface area (Å²) in [4.78, 5) is 17.5. The van der Waals surface area contributed by atoms with E-state index in [0.717, 1.165) is 19.0 Å². The molecule has 1 amide bonds. The van der Waals surface area contributed by atoms with E-state index in [9.17, 15) is 9.18 Å². The largest absolute Gasteiger partial charge is 0.392 e. The van der Waals surface area contributed by atoms with Crippen LogP contribution in [-0.2, 0) is 0 Å². The second-order valence-electron chi connectivity index (χ2n) is 3.91. The van der Waals surface area contributed by atoms with Crippen LogP contribution in [0.2, 0.25) is 0 Å². The van der Waals surface area contributed by atoms with Gasteiger partial charge < -0.3 is 10.6 Å². The van der Waals surface area contributed by atoms with Gasteiger partial charge >= 0.3 is 0 Å². The van der Waals surface area contributed by atoms with Crippen molar-refractivity contribution >= 4 is 23.1 Å². The Labute approximate surface area is 104 Å². The van der Waals surface area contributed by atoms with E-state index >= 15 is 0 Å². The molecule has 1 fully saturated rings. The van der Waals surface area contributed by atoms with Crippen molar-refractivity contribution in [2.45, 2.75) is 18.9 Å². The van der Waals surface area contributed by atoms with Gasteiger partial charge in [-0.05, 0) is 18.9 Å². The summed E-state index contributed by atoms with van der Waals surface area (Å²) in [7, 11) is 0. The number of nitrogens with two attached hydrogens (primary N) is 1. The molecule has 2 rings (SSSR count). The number of hydrogen-bond acceptors (Lipinski definition) is 3. The average Bonchev–Trinajstić information content (AvgIpc) is 2.77. The van der Waals surface area contributed by atoms with Gasteiger partial charge in [0.15, 0.2) is 5.82 Å². The van der Waals surface area contributed by atoms with Crippen molar-refractivity contribution in [1.29, 1.82) is 0 Å². The standard InChI is InChI=1S/C11H12FN3OS/c12-8-6-14-4-3-7(8)11(16)15-5-1-2-9(15)10(13)17/h3-4,6,9H,1-2,5H2,(H2,13,17). The van der Waals surface area contributed by atoms with Crippen LogP contribution in [0, 0.1) is 5.82 Å². The highest BCUT2D eigenvalue weighted by Gasteiger charge is 2.32. The van der Waals surface area contributed by atoms with Gasteiger partial charge in [0.25, 0.3) is 5.91 Å². The van der Waals surface area contributed by atoms with Gasteiger partial charge in [-0.15, -0.1) is 0 Å². The Morgan fingerprint density at radius 2 is 2.41 bits per heavy atom. The van der Waals surface area contributed by atoms with E-state index in [1.54, 1.807) is 0 Å². The second-order valence-corrected chi connectivity index (χ2v) is 4.39. The molecular weight excluding hydrogens is 241 g/mol. The third-order valence-electron chi connectivity index (χ3n) is 2.84. The van der Waals surface area contributed by atoms with Gasteiger partial charge in [0.2, 0.25) is 0 Å². The maximum absolute atomic E-state index is 13.4. The van der Waals surface area contributed by atoms with Crippen LogP contribution in [0.15, 0.2) is 18.5 Å². The molecule has 1 unspecified atom stereocenters. The first kappa shape index (κ1) is 11.9. The second kappa shape index (κ2) is 4.75. The number of carbonyl (C=O) groups excluding carboxylic acids is 1. The van der Waals surface area contributed by atoms with Crippen LogP contribution in [0.1, 0.15) is 23.2 Å². The number of pyridine rings is 1. The summed E-state index contributed by atoms with van der Waals surface area (Å²) in [6, 6.07) is 1.11. The van der Waals surface area contributed by atoms with E-state index in [-0.39, 0.29) is 22.5 Å². The van der Waals surface area contributed by atoms with E-state index in [1.165, 1.54) is 17.2 Å². The molecule has 1 aliphatic heterocycles. The SMILES string of the molecule is NC(=S)C1CCCN1C(=O)c1ccncc1F. The van der Waals surface area contributed by atoms with Crippen LogP contribution in [0.4, 0.5) is 4.39 Å². The van der Waals surface area contributed by atoms with Crippen molar-refractivity contribution in [1.82, 2.24) is 9.88 Å². The Morgan fingerprint density at radius 1 is 1.65 bits per heavy atom. The van der Waals surface area contributed by atoms with Gasteiger partial charge in [-0.25, -0.2) is 4.39 Å². The van der Waals surface area contributed by atoms with Crippen molar-refractivity contribution in [3.8, 4) is 0 Å². The number of likely N-dealkylation sites (tertiary alicyclic amines) is 1. The highest BCUT2D eigenvalue weighted by Crippen LogP contribution is 2.21. The Hall–Kier alpha value is -1.56. The van der Waals surface area contributed by atoms with Crippen molar-refractivity contribution in [3.63, 3.8) is 0 Å². The van der Waals surface area contributed by atoms with Gasteiger partial charge in [-0.3, -0.25) is 9.78 Å². The van der Waals surface area contributed by atoms with Crippen molar-refractivity contribution < 1.29 is 9.18 Å². The topological polar surface area (TPSA) is 59.2 Å². The van der Waals surface area contributed by atoms with Crippen LogP contribution < -0.4 is 5.73 Å². The highest BCUT2D eigenvalue weighted by atomic mass is 32.1. The minimum atomic E-state index is -0.619. The Morgan fingerprint density at radius 3 is 3.06 bits per heavy atom. The van der Waals surface area contributed by atoms with Gasteiger partial charge in [-0.1, -0.05) is 12.2 Å². The van der Waals surface area contributed by atoms with Crippen LogP contribution in [0.3, 0.4) is 0 Å². The number of thiocarbonyl (C=S) groups is 1. The van der Waals surface area contributed by atoms with Crippen molar-refractivity contribution in [2.24, 2.45) is 5.73 Å². The molecule has 0 aliphatic carbocycles. The number of carbonyl (C=O) groups is 1. The van der Waals surface area contributed by atoms with Gasteiger partial charge in [0.05, 0.1) is 22.8 Å². The number of nitrogens with zero attached hydrogens (tertiary/aromatic N) is 2. The first-order valence-corrected chi connectivity index (χ1v) is 5.72. The maximum Gasteiger partial charge on any atom is 0.257 e. The van der Waals surface area contributed by atoms with E-state index in [2.05, 4.69) is 4.98 Å². The van der Waals surface area contributed by atoms with E-state index in [4.69, 9.17) is 18.0 Å². The zero-order valence-electron chi connectivity index (χ0n) is 9.10. The van der Waals surface area contributed by atoms with Gasteiger partial charge in [0, 0.05) is 12.7 Å². The number of halogens is 1. The quantitative estimate of drug-likeness (QED) is 0.802. The molecule has 0 bridgehead atoms. The first-order chi connectivity index (χ1) is 8.11. The van der Waals surface area contributed by atoms with Crippen molar-refractivity contribution in [2.75, 3.05) is 6.54 Å². The zero-order valence-corrected chi connectivity index (χ0v) is 9.91. The fourth-order valence-electron chi connectivity index (χ4n) is 2.01. The summed E-state index contributed by atoms with van der Waals surface area (Å²) < 4.78 is 13.4. The minimum Gasteiger partial charge on any atom is -0.392 e. The molecule has 6 heteroatoms. The molecule has 17 heavy (non-hydrogen) atoms. The van der Waals surface area contributed by atoms with Crippen molar-refractivity contribution in [3.05, 3.63) is 29.8 Å². The third-order valence-corrected chi connectivity index (χ3v) is 3.12. The smallest absolute Gasteiger partial charge is 0.257 e. The fraction of sp³-hybridized carbons (Fsp3) is 0.364. The lowest BCUT2D eigenvalue weighted by atomic mass is 10.2. The molecule has 1 atom stereocenters. The van der Waals surface area contributed by atoms with Crippen LogP contribution in [0.25, 0.3) is 0 Å². The predicted octanol–water partition coefficient (Wildman–Crippen LogP) is 1.11. The fourth-order valence-corrected chi connectivity index (χ4v) is 2.25. The number of rotatable bonds is 2. The maximum atomic E-state index is 13.4. The average molecular weight is 253 g/mol. The van der Waals surface area contributed by atoms with E-state index in [1.807, 2.05) is 0 Å². The van der Waals surface area contributed by atoms with E-state index < -0.39 is 5.82 Å². The lowest BCUT2D eigenvalue weighted by Crippen LogP contribution is -2.43. The molecule has 0 radical (unpaired) electrons. The summed E-state index contributed by atoms with van der Waals surface area (Å²) in [5, 5.41) is 0. The lowest BCUT2D eigenvalue weighted by molar-refractivity contribution is 0.0765. The molecule has 2 heterocycles. The molecule has 1 aromatic heterocycles. The molecule has 1 aromatic rings. The molecular formula is C11H12FN3OS. The molecule has 90 valence electrons. The molecule has 2 N–H and O–H groups in total. The predicted molar refractivity (Wildman–Crippen MR) is 65.0 cm³/mol. The van der Waals surface area contributed by atoms with E-state index in [0.29, 0.717) is 6.54 Å². The number of hydrogen-bond donors (Lipinski definition) is 1. The molecule has 0 aromatic carbocycles. The summed E-state index contributed by atoms with van der Waals surface area (Å²) in [6.07, 6.45) is 4.00. The number of amides is 1. The molecule has 1 saturated heterocycles. The summed E-state index contributed by atoms with van der Waals surface area (Å²) in [5.41, 5.74) is 5.59. The van der Waals surface area contributed by atoms with Gasteiger partial charge in [0.1, 0.15) is 0 Å². The summed E-state index contributed by atoms with van der Waals surface area (Å²) in [5.74, 6) is -0.994. The van der Waals surface area contributed by atoms with Crippen LogP contribution >= 0.6 is 12.2 Å². The van der Waals surface area contributed by atoms with Gasteiger partial charge in [-0.2, -0.15) is 0 Å². The first-order valence-electron chi connectivity index (χ1n) is 5.31. The normalized spacial score (nSPS) is 19.4. The zero-order chi connectivity index (χ0) is 12.4. The molecule has 1 aliphatic rings. The summed E-state index contributed by atoms with van der Waals surface area (Å²) in [6.45, 7) is 0.558. The minimum absolute atomic E-state index is 0.0168. The van der Waals surface area contributed by atoms with Crippen LogP contribution in [-0.4, -0.2) is 33.4 Å². The molecule has 0 saturated carbocycles. The number of aromatic nitrogens is 1. The molecule has 0 spiro atoms. The lowest BCUT2D eigenvalue weighted by Gasteiger charge is -2.23.